The summed E-state index contributed by atoms with van der Waals surface area (Å²) in [5.41, 5.74) is 0. The van der Waals surface area contributed by atoms with Crippen LogP contribution in [-0.2, 0) is 13.6 Å². The first-order valence-electron chi connectivity index (χ1n) is 6.71. The van der Waals surface area contributed by atoms with Crippen molar-refractivity contribution in [3.63, 3.8) is 0 Å². The van der Waals surface area contributed by atoms with Gasteiger partial charge in [0.25, 0.3) is 0 Å². The highest BCUT2D eigenvalue weighted by atomic mass is 31.2. The van der Waals surface area contributed by atoms with Gasteiger partial charge < -0.3 is 9.05 Å². The van der Waals surface area contributed by atoms with Crippen LogP contribution in [0.4, 0.5) is 0 Å². The Morgan fingerprint density at radius 2 is 1.41 bits per heavy atom. The Morgan fingerprint density at radius 1 is 0.941 bits per heavy atom. The molecule has 0 spiro atoms. The van der Waals surface area contributed by atoms with Crippen molar-refractivity contribution in [2.75, 3.05) is 13.2 Å². The van der Waals surface area contributed by atoms with Crippen LogP contribution in [0.1, 0.15) is 59.3 Å². The lowest BCUT2D eigenvalue weighted by atomic mass is 10.3. The molecular weight excluding hydrogens is 235 g/mol. The second kappa shape index (κ2) is 11.0. The van der Waals surface area contributed by atoms with E-state index in [9.17, 15) is 4.57 Å². The van der Waals surface area contributed by atoms with Crippen LogP contribution in [0.5, 0.6) is 0 Å². The van der Waals surface area contributed by atoms with Gasteiger partial charge in [-0.15, -0.1) is 0 Å². The molecular formula is C13H27O3P. The van der Waals surface area contributed by atoms with Crippen LogP contribution in [-0.4, -0.2) is 13.2 Å². The summed E-state index contributed by atoms with van der Waals surface area (Å²) in [4.78, 5) is 0. The minimum Gasteiger partial charge on any atom is -0.306 e. The van der Waals surface area contributed by atoms with Crippen molar-refractivity contribution >= 4 is 7.60 Å². The maximum absolute atomic E-state index is 12.2. The molecule has 0 aromatic heterocycles. The monoisotopic (exact) mass is 262 g/mol. The van der Waals surface area contributed by atoms with E-state index in [-0.39, 0.29) is 0 Å². The van der Waals surface area contributed by atoms with Gasteiger partial charge in [0.2, 0.25) is 0 Å². The van der Waals surface area contributed by atoms with E-state index in [0.717, 1.165) is 38.5 Å². The fraction of sp³-hybridized carbons (Fsp3) is 0.846. The van der Waals surface area contributed by atoms with Crippen molar-refractivity contribution in [3.05, 3.63) is 11.9 Å². The highest BCUT2D eigenvalue weighted by Crippen LogP contribution is 2.50. The SMILES string of the molecule is CC=CP(=O)(OCCCCC)OCCCCC. The van der Waals surface area contributed by atoms with Gasteiger partial charge in [0.1, 0.15) is 0 Å². The Morgan fingerprint density at radius 3 is 1.76 bits per heavy atom. The van der Waals surface area contributed by atoms with Gasteiger partial charge in [-0.3, -0.25) is 4.57 Å². The Kier molecular flexibility index (Phi) is 10.9. The summed E-state index contributed by atoms with van der Waals surface area (Å²) in [5, 5.41) is 0. The predicted octanol–water partition coefficient (Wildman–Crippen LogP) is 5.13. The van der Waals surface area contributed by atoms with E-state index < -0.39 is 7.60 Å². The van der Waals surface area contributed by atoms with Crippen molar-refractivity contribution in [2.24, 2.45) is 0 Å². The number of unbranched alkanes of at least 4 members (excludes halogenated alkanes) is 4. The van der Waals surface area contributed by atoms with E-state index in [1.807, 2.05) is 6.92 Å². The minimum absolute atomic E-state index is 0.517. The summed E-state index contributed by atoms with van der Waals surface area (Å²) in [7, 11) is -2.98. The summed E-state index contributed by atoms with van der Waals surface area (Å²) in [6, 6.07) is 0. The molecule has 0 aliphatic heterocycles. The largest absolute Gasteiger partial charge is 0.353 e. The second-order valence-corrected chi connectivity index (χ2v) is 6.00. The standard InChI is InChI=1S/C13H27O3P/c1-4-7-9-11-15-17(14,13-6-3)16-12-10-8-5-2/h6,13H,4-5,7-12H2,1-3H3. The van der Waals surface area contributed by atoms with Gasteiger partial charge in [-0.1, -0.05) is 45.6 Å². The van der Waals surface area contributed by atoms with Gasteiger partial charge in [0.15, 0.2) is 0 Å². The molecule has 102 valence electrons. The molecule has 17 heavy (non-hydrogen) atoms. The Labute approximate surface area is 106 Å². The Balaban J connectivity index is 3.94. The molecule has 0 rings (SSSR count). The van der Waals surface area contributed by atoms with Crippen LogP contribution in [0, 0.1) is 0 Å². The summed E-state index contributed by atoms with van der Waals surface area (Å²) in [6.07, 6.45) is 8.09. The molecule has 0 aromatic rings. The topological polar surface area (TPSA) is 35.5 Å². The lowest BCUT2D eigenvalue weighted by Gasteiger charge is -2.15. The first kappa shape index (κ1) is 16.9. The minimum atomic E-state index is -2.98. The average Bonchev–Trinajstić information content (AvgIpc) is 2.31. The van der Waals surface area contributed by atoms with Gasteiger partial charge in [-0.25, -0.2) is 0 Å². The zero-order valence-corrected chi connectivity index (χ0v) is 12.4. The zero-order chi connectivity index (χ0) is 13.0. The average molecular weight is 262 g/mol. The molecule has 0 aliphatic rings. The molecule has 0 amide bonds. The Hall–Kier alpha value is -0.110. The van der Waals surface area contributed by atoms with Crippen molar-refractivity contribution in [3.8, 4) is 0 Å². The maximum Gasteiger partial charge on any atom is 0.353 e. The third kappa shape index (κ3) is 9.58. The van der Waals surface area contributed by atoms with E-state index in [1.165, 1.54) is 0 Å². The second-order valence-electron chi connectivity index (χ2n) is 4.10. The van der Waals surface area contributed by atoms with Crippen LogP contribution in [0.3, 0.4) is 0 Å². The molecule has 0 aliphatic carbocycles. The van der Waals surface area contributed by atoms with Crippen LogP contribution in [0.25, 0.3) is 0 Å². The third-order valence-corrected chi connectivity index (χ3v) is 4.12. The van der Waals surface area contributed by atoms with E-state index in [2.05, 4.69) is 13.8 Å². The molecule has 0 saturated heterocycles. The Bertz CT molecular complexity index is 223. The molecule has 0 radical (unpaired) electrons. The van der Waals surface area contributed by atoms with Crippen molar-refractivity contribution < 1.29 is 13.6 Å². The van der Waals surface area contributed by atoms with E-state index in [0.29, 0.717) is 13.2 Å². The van der Waals surface area contributed by atoms with E-state index in [1.54, 1.807) is 11.9 Å². The van der Waals surface area contributed by atoms with Gasteiger partial charge in [0, 0.05) is 5.82 Å². The number of hydrogen-bond acceptors (Lipinski definition) is 3. The first-order chi connectivity index (χ1) is 8.18. The van der Waals surface area contributed by atoms with Gasteiger partial charge in [0.05, 0.1) is 13.2 Å². The molecule has 0 saturated carbocycles. The molecule has 4 heteroatoms. The van der Waals surface area contributed by atoms with Crippen LogP contribution in [0.2, 0.25) is 0 Å². The molecule has 0 N–H and O–H groups in total. The summed E-state index contributed by atoms with van der Waals surface area (Å²) in [6.45, 7) is 7.13. The van der Waals surface area contributed by atoms with E-state index in [4.69, 9.17) is 9.05 Å². The summed E-state index contributed by atoms with van der Waals surface area (Å²) in [5.74, 6) is 1.56. The smallest absolute Gasteiger partial charge is 0.306 e. The zero-order valence-electron chi connectivity index (χ0n) is 11.5. The fourth-order valence-electron chi connectivity index (χ4n) is 1.39. The van der Waals surface area contributed by atoms with E-state index >= 15 is 0 Å². The molecule has 0 heterocycles. The molecule has 0 aromatic carbocycles. The van der Waals surface area contributed by atoms with Crippen LogP contribution >= 0.6 is 7.60 Å². The predicted molar refractivity (Wildman–Crippen MR) is 73.4 cm³/mol. The number of hydrogen-bond donors (Lipinski definition) is 0. The van der Waals surface area contributed by atoms with Crippen LogP contribution in [0.15, 0.2) is 11.9 Å². The fourth-order valence-corrected chi connectivity index (χ4v) is 2.77. The normalized spacial score (nSPS) is 12.4. The maximum atomic E-state index is 12.2. The van der Waals surface area contributed by atoms with Crippen LogP contribution < -0.4 is 0 Å². The quantitative estimate of drug-likeness (QED) is 0.382. The van der Waals surface area contributed by atoms with Crippen molar-refractivity contribution in [1.29, 1.82) is 0 Å². The van der Waals surface area contributed by atoms with Gasteiger partial charge >= 0.3 is 7.60 Å². The van der Waals surface area contributed by atoms with Gasteiger partial charge in [-0.2, -0.15) is 0 Å². The molecule has 0 bridgehead atoms. The lowest BCUT2D eigenvalue weighted by molar-refractivity contribution is 0.206. The molecule has 0 unspecified atom stereocenters. The number of rotatable bonds is 11. The molecule has 0 fully saturated rings. The first-order valence-corrected chi connectivity index (χ1v) is 8.32. The van der Waals surface area contributed by atoms with Crippen molar-refractivity contribution in [2.45, 2.75) is 59.3 Å². The third-order valence-electron chi connectivity index (χ3n) is 2.37. The van der Waals surface area contributed by atoms with Gasteiger partial charge in [-0.05, 0) is 19.8 Å². The lowest BCUT2D eigenvalue weighted by Crippen LogP contribution is -1.98. The highest BCUT2D eigenvalue weighted by Gasteiger charge is 2.19. The number of allylic oxidation sites excluding steroid dienone is 1. The highest BCUT2D eigenvalue weighted by molar-refractivity contribution is 7.57. The molecule has 0 atom stereocenters. The summed E-state index contributed by atoms with van der Waals surface area (Å²) >= 11 is 0. The summed E-state index contributed by atoms with van der Waals surface area (Å²) < 4.78 is 23.0. The van der Waals surface area contributed by atoms with Crippen molar-refractivity contribution in [1.82, 2.24) is 0 Å². The molecule has 3 nitrogen and oxygen atoms in total.